The minimum atomic E-state index is -1.92. The summed E-state index contributed by atoms with van der Waals surface area (Å²) < 4.78 is 5.51. The van der Waals surface area contributed by atoms with Gasteiger partial charge in [0, 0.05) is 25.4 Å². The van der Waals surface area contributed by atoms with E-state index in [9.17, 15) is 19.5 Å². The van der Waals surface area contributed by atoms with Gasteiger partial charge in [0.05, 0.1) is 12.0 Å². The number of carbonyl (C=O) groups is 3. The first-order valence-electron chi connectivity index (χ1n) is 11.0. The molecule has 1 fully saturated rings. The molecule has 4 rings (SSSR count). The minimum Gasteiger partial charge on any atom is -0.479 e. The number of nitrogens with one attached hydrogen (secondary N) is 1. The number of ether oxygens (including phenoxy) is 1. The molecule has 2 aromatic carbocycles. The fourth-order valence-corrected chi connectivity index (χ4v) is 4.59. The Kier molecular flexibility index (Phi) is 5.88. The SMILES string of the molecule is CC(C)(CNC(=O)OCC1c2ccccc2-c2ccccc21)C(=O)N1CCC(O)(C(=O)O)C1. The zero-order valence-corrected chi connectivity index (χ0v) is 18.7. The Bertz CT molecular complexity index is 1050. The highest BCUT2D eigenvalue weighted by Crippen LogP contribution is 2.44. The first kappa shape index (κ1) is 22.8. The number of carboxylic acids is 1. The van der Waals surface area contributed by atoms with Gasteiger partial charge in [-0.15, -0.1) is 0 Å². The molecule has 0 spiro atoms. The van der Waals surface area contributed by atoms with Crippen molar-refractivity contribution in [1.29, 1.82) is 0 Å². The number of nitrogens with zero attached hydrogens (tertiary/aromatic N) is 1. The molecule has 0 saturated carbocycles. The van der Waals surface area contributed by atoms with E-state index in [0.717, 1.165) is 22.3 Å². The van der Waals surface area contributed by atoms with Crippen LogP contribution in [0.2, 0.25) is 0 Å². The predicted molar refractivity (Wildman–Crippen MR) is 121 cm³/mol. The summed E-state index contributed by atoms with van der Waals surface area (Å²) in [6.45, 7) is 3.40. The number of carbonyl (C=O) groups excluding carboxylic acids is 2. The van der Waals surface area contributed by atoms with Crippen molar-refractivity contribution in [1.82, 2.24) is 10.2 Å². The summed E-state index contributed by atoms with van der Waals surface area (Å²) in [5.74, 6) is -1.73. The third-order valence-corrected chi connectivity index (χ3v) is 6.53. The first-order chi connectivity index (χ1) is 15.6. The number of hydrogen-bond acceptors (Lipinski definition) is 5. The van der Waals surface area contributed by atoms with Crippen LogP contribution in [0.5, 0.6) is 0 Å². The van der Waals surface area contributed by atoms with Crippen LogP contribution >= 0.6 is 0 Å². The van der Waals surface area contributed by atoms with Crippen LogP contribution in [0.1, 0.15) is 37.3 Å². The highest BCUT2D eigenvalue weighted by atomic mass is 16.5. The minimum absolute atomic E-state index is 0.0184. The van der Waals surface area contributed by atoms with Gasteiger partial charge in [-0.1, -0.05) is 48.5 Å². The molecule has 33 heavy (non-hydrogen) atoms. The average molecular weight is 453 g/mol. The van der Waals surface area contributed by atoms with Crippen molar-refractivity contribution in [2.45, 2.75) is 31.8 Å². The van der Waals surface area contributed by atoms with Gasteiger partial charge in [0.1, 0.15) is 6.61 Å². The Morgan fingerprint density at radius 2 is 1.67 bits per heavy atom. The summed E-state index contributed by atoms with van der Waals surface area (Å²) in [7, 11) is 0. The third kappa shape index (κ3) is 4.30. The number of rotatable bonds is 6. The molecule has 2 aromatic rings. The summed E-state index contributed by atoms with van der Waals surface area (Å²) in [6.07, 6.45) is -0.648. The maximum atomic E-state index is 12.9. The topological polar surface area (TPSA) is 116 Å². The third-order valence-electron chi connectivity index (χ3n) is 6.53. The van der Waals surface area contributed by atoms with Crippen LogP contribution in [0.25, 0.3) is 11.1 Å². The highest BCUT2D eigenvalue weighted by molar-refractivity contribution is 5.86. The van der Waals surface area contributed by atoms with Crippen LogP contribution in [0.4, 0.5) is 4.79 Å². The molecule has 0 aromatic heterocycles. The van der Waals surface area contributed by atoms with E-state index in [2.05, 4.69) is 17.4 Å². The van der Waals surface area contributed by atoms with E-state index in [1.807, 2.05) is 36.4 Å². The van der Waals surface area contributed by atoms with Crippen LogP contribution in [0.3, 0.4) is 0 Å². The Morgan fingerprint density at radius 3 is 2.21 bits per heavy atom. The van der Waals surface area contributed by atoms with Crippen LogP contribution in [-0.2, 0) is 14.3 Å². The van der Waals surface area contributed by atoms with Crippen molar-refractivity contribution in [3.8, 4) is 11.1 Å². The van der Waals surface area contributed by atoms with Gasteiger partial charge in [0.15, 0.2) is 5.60 Å². The smallest absolute Gasteiger partial charge is 0.407 e. The molecule has 1 unspecified atom stereocenters. The molecule has 1 atom stereocenters. The van der Waals surface area contributed by atoms with E-state index in [0.29, 0.717) is 0 Å². The Labute approximate surface area is 192 Å². The van der Waals surface area contributed by atoms with Crippen LogP contribution < -0.4 is 5.32 Å². The number of aliphatic carboxylic acids is 1. The molecule has 174 valence electrons. The summed E-state index contributed by atoms with van der Waals surface area (Å²) >= 11 is 0. The lowest BCUT2D eigenvalue weighted by Crippen LogP contribution is -2.49. The van der Waals surface area contributed by atoms with Crippen molar-refractivity contribution in [3.63, 3.8) is 0 Å². The second-order valence-electron chi connectivity index (χ2n) is 9.38. The van der Waals surface area contributed by atoms with Crippen molar-refractivity contribution in [2.24, 2.45) is 5.41 Å². The zero-order valence-electron chi connectivity index (χ0n) is 18.7. The number of carboxylic acid groups (broad SMARTS) is 1. The monoisotopic (exact) mass is 452 g/mol. The second kappa shape index (κ2) is 8.51. The molecule has 1 aliphatic heterocycles. The summed E-state index contributed by atoms with van der Waals surface area (Å²) in [6, 6.07) is 16.1. The van der Waals surface area contributed by atoms with E-state index in [1.54, 1.807) is 13.8 Å². The van der Waals surface area contributed by atoms with Gasteiger partial charge in [-0.3, -0.25) is 4.79 Å². The van der Waals surface area contributed by atoms with Crippen molar-refractivity contribution < 1.29 is 29.3 Å². The first-order valence-corrected chi connectivity index (χ1v) is 11.0. The van der Waals surface area contributed by atoms with E-state index < -0.39 is 23.1 Å². The number of β-amino-alcohol motifs (C(OH)–C–C–N with tert-alkyl or cyclic N) is 1. The Hall–Kier alpha value is -3.39. The lowest BCUT2D eigenvalue weighted by atomic mass is 9.91. The zero-order chi connectivity index (χ0) is 23.8. The molecule has 8 nitrogen and oxygen atoms in total. The Morgan fingerprint density at radius 1 is 1.09 bits per heavy atom. The summed E-state index contributed by atoms with van der Waals surface area (Å²) in [4.78, 5) is 37.8. The normalized spacial score (nSPS) is 19.7. The molecule has 1 aliphatic carbocycles. The number of alkyl carbamates (subject to hydrolysis) is 1. The van der Waals surface area contributed by atoms with E-state index >= 15 is 0 Å². The number of benzene rings is 2. The largest absolute Gasteiger partial charge is 0.479 e. The number of hydrogen-bond donors (Lipinski definition) is 3. The number of likely N-dealkylation sites (tertiary alicyclic amines) is 1. The fraction of sp³-hybridized carbons (Fsp3) is 0.400. The van der Waals surface area contributed by atoms with Crippen molar-refractivity contribution in [2.75, 3.05) is 26.2 Å². The van der Waals surface area contributed by atoms with Gasteiger partial charge in [-0.25, -0.2) is 9.59 Å². The molecular weight excluding hydrogens is 424 g/mol. The fourth-order valence-electron chi connectivity index (χ4n) is 4.59. The van der Waals surface area contributed by atoms with Crippen LogP contribution in [0.15, 0.2) is 48.5 Å². The lowest BCUT2D eigenvalue weighted by Gasteiger charge is -2.29. The standard InChI is InChI=1S/C25H28N2O6/c1-24(2,21(28)27-12-11-25(32,15-27)22(29)30)14-26-23(31)33-13-20-18-9-5-3-7-16(18)17-8-4-6-10-19(17)20/h3-10,20,32H,11-15H2,1-2H3,(H,26,31)(H,29,30). The molecule has 0 radical (unpaired) electrons. The predicted octanol–water partition coefficient (Wildman–Crippen LogP) is 2.60. The van der Waals surface area contributed by atoms with Gasteiger partial charge in [-0.2, -0.15) is 0 Å². The molecule has 0 bridgehead atoms. The van der Waals surface area contributed by atoms with E-state index in [-0.39, 0.29) is 44.5 Å². The van der Waals surface area contributed by atoms with Crippen molar-refractivity contribution >= 4 is 18.0 Å². The quantitative estimate of drug-likeness (QED) is 0.621. The van der Waals surface area contributed by atoms with E-state index in [1.165, 1.54) is 4.90 Å². The van der Waals surface area contributed by atoms with Gasteiger partial charge < -0.3 is 25.2 Å². The van der Waals surface area contributed by atoms with Gasteiger partial charge in [0.2, 0.25) is 5.91 Å². The van der Waals surface area contributed by atoms with Gasteiger partial charge in [0.25, 0.3) is 0 Å². The van der Waals surface area contributed by atoms with Crippen LogP contribution in [-0.4, -0.2) is 64.9 Å². The van der Waals surface area contributed by atoms with Gasteiger partial charge in [-0.05, 0) is 36.1 Å². The van der Waals surface area contributed by atoms with Gasteiger partial charge >= 0.3 is 12.1 Å². The Balaban J connectivity index is 1.34. The molecular formula is C25H28N2O6. The maximum Gasteiger partial charge on any atom is 0.407 e. The second-order valence-corrected chi connectivity index (χ2v) is 9.38. The maximum absolute atomic E-state index is 12.9. The lowest BCUT2D eigenvalue weighted by molar-refractivity contribution is -0.157. The molecule has 8 heteroatoms. The molecule has 1 heterocycles. The number of amides is 2. The molecule has 3 N–H and O–H groups in total. The molecule has 2 aliphatic rings. The van der Waals surface area contributed by atoms with Crippen LogP contribution in [0, 0.1) is 5.41 Å². The molecule has 2 amide bonds. The van der Waals surface area contributed by atoms with Crippen molar-refractivity contribution in [3.05, 3.63) is 59.7 Å². The van der Waals surface area contributed by atoms with E-state index in [4.69, 9.17) is 9.84 Å². The summed E-state index contributed by atoms with van der Waals surface area (Å²) in [5.41, 5.74) is 1.59. The number of aliphatic hydroxyl groups is 1. The highest BCUT2D eigenvalue weighted by Gasteiger charge is 2.47. The number of fused-ring (bicyclic) bond motifs is 3. The summed E-state index contributed by atoms with van der Waals surface area (Å²) in [5, 5.41) is 21.9. The average Bonchev–Trinajstić information content (AvgIpc) is 3.35. The molecule has 1 saturated heterocycles.